The van der Waals surface area contributed by atoms with Gasteiger partial charge >= 0.3 is 6.18 Å². The summed E-state index contributed by atoms with van der Waals surface area (Å²) < 4.78 is 44.5. The zero-order chi connectivity index (χ0) is 25.5. The lowest BCUT2D eigenvalue weighted by Crippen LogP contribution is -2.56. The van der Waals surface area contributed by atoms with Crippen molar-refractivity contribution < 1.29 is 32.6 Å². The van der Waals surface area contributed by atoms with E-state index in [1.165, 1.54) is 33.1 Å². The average Bonchev–Trinajstić information content (AvgIpc) is 2.80. The highest BCUT2D eigenvalue weighted by Crippen LogP contribution is 2.26. The van der Waals surface area contributed by atoms with Crippen LogP contribution in [0.15, 0.2) is 48.8 Å². The molecule has 1 aromatic carbocycles. The Hall–Kier alpha value is -3.18. The van der Waals surface area contributed by atoms with Crippen LogP contribution >= 0.6 is 0 Å². The summed E-state index contributed by atoms with van der Waals surface area (Å²) in [5.74, 6) is -1.87. The van der Waals surface area contributed by atoms with Crippen LogP contribution in [-0.4, -0.2) is 53.4 Å². The third kappa shape index (κ3) is 7.42. The predicted molar refractivity (Wildman–Crippen MR) is 119 cm³/mol. The zero-order valence-corrected chi connectivity index (χ0v) is 19.0. The second-order valence-electron chi connectivity index (χ2n) is 8.15. The molecule has 11 heteroatoms. The van der Waals surface area contributed by atoms with Gasteiger partial charge in [0.2, 0.25) is 11.8 Å². The molecule has 0 unspecified atom stereocenters. The van der Waals surface area contributed by atoms with Crippen LogP contribution in [0.25, 0.3) is 0 Å². The molecule has 2 amide bonds. The number of carbonyl (C=O) groups excluding carboxylic acids is 2. The summed E-state index contributed by atoms with van der Waals surface area (Å²) in [4.78, 5) is 29.8. The lowest BCUT2D eigenvalue weighted by Gasteiger charge is -2.31. The van der Waals surface area contributed by atoms with Crippen molar-refractivity contribution in [3.8, 4) is 5.75 Å². The van der Waals surface area contributed by atoms with Crippen LogP contribution in [0, 0.1) is 5.92 Å². The molecule has 0 radical (unpaired) electrons. The number of hydrogen-bond acceptors (Lipinski definition) is 6. The number of benzene rings is 1. The molecule has 0 fully saturated rings. The van der Waals surface area contributed by atoms with Gasteiger partial charge in [0, 0.05) is 12.4 Å². The normalized spacial score (nSPS) is 15.2. The van der Waals surface area contributed by atoms with Crippen LogP contribution in [0.2, 0.25) is 0 Å². The minimum absolute atomic E-state index is 0.137. The molecule has 0 bridgehead atoms. The molecule has 0 aliphatic carbocycles. The van der Waals surface area contributed by atoms with Crippen molar-refractivity contribution in [2.75, 3.05) is 7.11 Å². The Bertz CT molecular complexity index is 939. The summed E-state index contributed by atoms with van der Waals surface area (Å²) in [5, 5.41) is 14.5. The van der Waals surface area contributed by atoms with E-state index in [9.17, 15) is 27.9 Å². The van der Waals surface area contributed by atoms with Crippen molar-refractivity contribution >= 4 is 11.8 Å². The van der Waals surface area contributed by atoms with Gasteiger partial charge in [-0.05, 0) is 41.7 Å². The number of amides is 2. The number of alkyl halides is 3. The van der Waals surface area contributed by atoms with Crippen molar-refractivity contribution in [2.45, 2.75) is 50.7 Å². The topological polar surface area (TPSA) is 127 Å². The Morgan fingerprint density at radius 1 is 1.12 bits per heavy atom. The molecule has 5 N–H and O–H groups in total. The molecule has 34 heavy (non-hydrogen) atoms. The van der Waals surface area contributed by atoms with Gasteiger partial charge in [-0.2, -0.15) is 13.2 Å². The minimum Gasteiger partial charge on any atom is -0.497 e. The second-order valence-corrected chi connectivity index (χ2v) is 8.15. The van der Waals surface area contributed by atoms with E-state index in [1.807, 2.05) is 0 Å². The van der Waals surface area contributed by atoms with Gasteiger partial charge in [-0.1, -0.05) is 32.0 Å². The van der Waals surface area contributed by atoms with E-state index in [0.29, 0.717) is 16.9 Å². The van der Waals surface area contributed by atoms with E-state index in [2.05, 4.69) is 15.6 Å². The van der Waals surface area contributed by atoms with Crippen molar-refractivity contribution in [3.63, 3.8) is 0 Å². The Morgan fingerprint density at radius 2 is 1.76 bits per heavy atom. The molecule has 0 aliphatic rings. The maximum atomic E-state index is 13.1. The van der Waals surface area contributed by atoms with E-state index in [4.69, 9.17) is 10.5 Å². The number of halogens is 3. The Labute approximate surface area is 195 Å². The quantitative estimate of drug-likeness (QED) is 0.410. The maximum Gasteiger partial charge on any atom is 0.416 e. The largest absolute Gasteiger partial charge is 0.497 e. The Balaban J connectivity index is 2.27. The Kier molecular flexibility index (Phi) is 9.39. The summed E-state index contributed by atoms with van der Waals surface area (Å²) in [5.41, 5.74) is 6.99. The third-order valence-electron chi connectivity index (χ3n) is 5.22. The van der Waals surface area contributed by atoms with Gasteiger partial charge in [-0.25, -0.2) is 0 Å². The van der Waals surface area contributed by atoms with E-state index >= 15 is 0 Å². The first-order valence-corrected chi connectivity index (χ1v) is 10.6. The molecular weight excluding hydrogens is 453 g/mol. The van der Waals surface area contributed by atoms with Crippen LogP contribution in [0.3, 0.4) is 0 Å². The van der Waals surface area contributed by atoms with Gasteiger partial charge in [0.05, 0.1) is 19.2 Å². The molecule has 2 aromatic rings. The molecular formula is C23H29F3N4O4. The molecule has 8 nitrogen and oxygen atoms in total. The first kappa shape index (κ1) is 27.1. The number of aliphatic hydroxyl groups excluding tert-OH is 1. The van der Waals surface area contributed by atoms with E-state index in [-0.39, 0.29) is 6.42 Å². The summed E-state index contributed by atoms with van der Waals surface area (Å²) in [7, 11) is 1.45. The lowest BCUT2D eigenvalue weighted by molar-refractivity contribution is -0.215. The van der Waals surface area contributed by atoms with Gasteiger partial charge in [0.25, 0.3) is 0 Å². The number of nitrogens with two attached hydrogens (primary N) is 1. The zero-order valence-electron chi connectivity index (χ0n) is 19.0. The van der Waals surface area contributed by atoms with Crippen molar-refractivity contribution in [3.05, 3.63) is 59.9 Å². The van der Waals surface area contributed by atoms with Gasteiger partial charge in [0.1, 0.15) is 11.8 Å². The SMILES string of the molecule is COc1ccc([C@H](NC(=O)[C@@H](N)Cc2cccnc2)C(=O)N[C@@H](C(C)C)[C@H](O)C(F)(F)F)cc1. The highest BCUT2D eigenvalue weighted by Gasteiger charge is 2.45. The Morgan fingerprint density at radius 3 is 2.26 bits per heavy atom. The number of carbonyl (C=O) groups is 2. The number of rotatable bonds is 10. The second kappa shape index (κ2) is 11.8. The van der Waals surface area contributed by atoms with Crippen LogP contribution in [0.5, 0.6) is 5.75 Å². The van der Waals surface area contributed by atoms with Crippen molar-refractivity contribution in [1.29, 1.82) is 0 Å². The molecule has 186 valence electrons. The summed E-state index contributed by atoms with van der Waals surface area (Å²) in [6, 6.07) is 5.48. The van der Waals surface area contributed by atoms with Crippen LogP contribution in [-0.2, 0) is 16.0 Å². The molecule has 1 heterocycles. The van der Waals surface area contributed by atoms with Crippen LogP contribution in [0.1, 0.15) is 31.0 Å². The summed E-state index contributed by atoms with van der Waals surface area (Å²) in [6.45, 7) is 2.87. The average molecular weight is 483 g/mol. The number of aromatic nitrogens is 1. The van der Waals surface area contributed by atoms with Gasteiger partial charge < -0.3 is 26.2 Å². The highest BCUT2D eigenvalue weighted by atomic mass is 19.4. The van der Waals surface area contributed by atoms with Crippen LogP contribution in [0.4, 0.5) is 13.2 Å². The molecule has 0 aliphatic heterocycles. The molecule has 2 rings (SSSR count). The van der Waals surface area contributed by atoms with E-state index in [1.54, 1.807) is 36.7 Å². The number of nitrogens with one attached hydrogen (secondary N) is 2. The fourth-order valence-electron chi connectivity index (χ4n) is 3.27. The standard InChI is InChI=1S/C23H29F3N4O4/c1-13(2)18(20(31)23(24,25)26)29-22(33)19(15-6-8-16(34-3)9-7-15)30-21(32)17(27)11-14-5-4-10-28-12-14/h4-10,12-13,17-20,31H,11,27H2,1-3H3,(H,29,33)(H,30,32)/t17-,18-,19-,20-/m0/s1. The molecule has 0 saturated carbocycles. The maximum absolute atomic E-state index is 13.1. The number of aliphatic hydroxyl groups is 1. The summed E-state index contributed by atoms with van der Waals surface area (Å²) >= 11 is 0. The fourth-order valence-corrected chi connectivity index (χ4v) is 3.27. The number of methoxy groups -OCH3 is 1. The smallest absolute Gasteiger partial charge is 0.416 e. The van der Waals surface area contributed by atoms with Crippen molar-refractivity contribution in [1.82, 2.24) is 15.6 Å². The third-order valence-corrected chi connectivity index (χ3v) is 5.22. The first-order chi connectivity index (χ1) is 15.9. The fraction of sp³-hybridized carbons (Fsp3) is 0.435. The van der Waals surface area contributed by atoms with E-state index < -0.39 is 48.1 Å². The molecule has 0 spiro atoms. The van der Waals surface area contributed by atoms with Gasteiger partial charge in [-0.15, -0.1) is 0 Å². The number of hydrogen-bond donors (Lipinski definition) is 4. The van der Waals surface area contributed by atoms with E-state index in [0.717, 1.165) is 0 Å². The predicted octanol–water partition coefficient (Wildman–Crippen LogP) is 1.88. The summed E-state index contributed by atoms with van der Waals surface area (Å²) in [6.07, 6.45) is -4.46. The minimum atomic E-state index is -4.94. The number of ether oxygens (including phenoxy) is 1. The molecule has 0 saturated heterocycles. The van der Waals surface area contributed by atoms with Gasteiger partial charge in [0.15, 0.2) is 6.10 Å². The molecule has 4 atom stereocenters. The van der Waals surface area contributed by atoms with Gasteiger partial charge in [-0.3, -0.25) is 14.6 Å². The lowest BCUT2D eigenvalue weighted by atomic mass is 9.96. The van der Waals surface area contributed by atoms with Crippen LogP contribution < -0.4 is 21.1 Å². The van der Waals surface area contributed by atoms with Crippen molar-refractivity contribution in [2.24, 2.45) is 11.7 Å². The first-order valence-electron chi connectivity index (χ1n) is 10.6. The number of nitrogens with zero attached hydrogens (tertiary/aromatic N) is 1. The highest BCUT2D eigenvalue weighted by molar-refractivity contribution is 5.90. The number of pyridine rings is 1. The molecule has 1 aromatic heterocycles. The monoisotopic (exact) mass is 482 g/mol.